The first-order chi connectivity index (χ1) is 13.2. The summed E-state index contributed by atoms with van der Waals surface area (Å²) in [6, 6.07) is 28.2. The van der Waals surface area contributed by atoms with Gasteiger partial charge in [-0.25, -0.2) is 0 Å². The molecule has 0 spiro atoms. The predicted octanol–water partition coefficient (Wildman–Crippen LogP) is 7.42. The summed E-state index contributed by atoms with van der Waals surface area (Å²) in [4.78, 5) is 2.35. The zero-order valence-corrected chi connectivity index (χ0v) is 16.0. The zero-order chi connectivity index (χ0) is 18.6. The van der Waals surface area contributed by atoms with Crippen molar-refractivity contribution in [2.24, 2.45) is 0 Å². The first kappa shape index (κ1) is 17.4. The number of benzene rings is 3. The van der Waals surface area contributed by atoms with E-state index in [-0.39, 0.29) is 0 Å². The molecule has 0 bridgehead atoms. The maximum atomic E-state index is 2.35. The smallest absolute Gasteiger partial charge is 0.0461 e. The van der Waals surface area contributed by atoms with Crippen molar-refractivity contribution in [3.63, 3.8) is 0 Å². The number of para-hydroxylation sites is 1. The second kappa shape index (κ2) is 7.67. The van der Waals surface area contributed by atoms with Gasteiger partial charge in [0.1, 0.15) is 0 Å². The molecule has 0 aromatic heterocycles. The standard InChI is InChI=1S/C26H25N/c1-20-11-13-22(14-12-20)23-15-17-25(18-16-23)27(24-8-4-3-5-9-24)26-10-6-7-21(2)19-26/h3-5,8-19H,6-7H2,1-2H3. The fourth-order valence-corrected chi connectivity index (χ4v) is 3.56. The summed E-state index contributed by atoms with van der Waals surface area (Å²) in [7, 11) is 0. The Morgan fingerprint density at radius 1 is 0.667 bits per heavy atom. The van der Waals surface area contributed by atoms with Gasteiger partial charge in [0, 0.05) is 17.1 Å². The minimum absolute atomic E-state index is 1.10. The van der Waals surface area contributed by atoms with Crippen molar-refractivity contribution in [2.45, 2.75) is 26.7 Å². The number of nitrogens with zero attached hydrogens (tertiary/aromatic N) is 1. The minimum atomic E-state index is 1.10. The molecule has 0 radical (unpaired) electrons. The van der Waals surface area contributed by atoms with Gasteiger partial charge >= 0.3 is 0 Å². The molecule has 134 valence electrons. The molecule has 1 heteroatoms. The summed E-state index contributed by atoms with van der Waals surface area (Å²) in [5, 5.41) is 0. The SMILES string of the molecule is CC1=CC(N(c2ccccc2)c2ccc(-c3ccc(C)cc3)cc2)=CCC1. The Morgan fingerprint density at radius 2 is 1.26 bits per heavy atom. The van der Waals surface area contributed by atoms with Gasteiger partial charge in [0.05, 0.1) is 0 Å². The van der Waals surface area contributed by atoms with Crippen molar-refractivity contribution in [1.29, 1.82) is 0 Å². The van der Waals surface area contributed by atoms with E-state index >= 15 is 0 Å². The number of aryl methyl sites for hydroxylation is 1. The van der Waals surface area contributed by atoms with Crippen LogP contribution in [0.25, 0.3) is 11.1 Å². The van der Waals surface area contributed by atoms with Gasteiger partial charge in [0.2, 0.25) is 0 Å². The second-order valence-electron chi connectivity index (χ2n) is 7.24. The van der Waals surface area contributed by atoms with Crippen molar-refractivity contribution in [3.05, 3.63) is 108 Å². The summed E-state index contributed by atoms with van der Waals surface area (Å²) in [6.45, 7) is 4.34. The van der Waals surface area contributed by atoms with Gasteiger partial charge in [-0.05, 0) is 68.2 Å². The van der Waals surface area contributed by atoms with Crippen molar-refractivity contribution < 1.29 is 0 Å². The highest BCUT2D eigenvalue weighted by Gasteiger charge is 2.15. The maximum Gasteiger partial charge on any atom is 0.0461 e. The second-order valence-corrected chi connectivity index (χ2v) is 7.24. The molecule has 1 nitrogen and oxygen atoms in total. The lowest BCUT2D eigenvalue weighted by molar-refractivity contribution is 0.933. The van der Waals surface area contributed by atoms with Crippen molar-refractivity contribution in [1.82, 2.24) is 0 Å². The highest BCUT2D eigenvalue weighted by molar-refractivity contribution is 5.73. The molecule has 0 amide bonds. The van der Waals surface area contributed by atoms with Crippen LogP contribution in [0.3, 0.4) is 0 Å². The van der Waals surface area contributed by atoms with Gasteiger partial charge < -0.3 is 4.90 Å². The zero-order valence-electron chi connectivity index (χ0n) is 16.0. The van der Waals surface area contributed by atoms with Crippen molar-refractivity contribution >= 4 is 11.4 Å². The summed E-state index contributed by atoms with van der Waals surface area (Å²) >= 11 is 0. The average Bonchev–Trinajstić information content (AvgIpc) is 2.70. The Hall–Kier alpha value is -3.06. The molecule has 3 aromatic rings. The fraction of sp³-hybridized carbons (Fsp3) is 0.154. The third-order valence-corrected chi connectivity index (χ3v) is 5.07. The third-order valence-electron chi connectivity index (χ3n) is 5.07. The molecular weight excluding hydrogens is 326 g/mol. The van der Waals surface area contributed by atoms with Gasteiger partial charge in [0.15, 0.2) is 0 Å². The van der Waals surface area contributed by atoms with Crippen LogP contribution in [0.4, 0.5) is 11.4 Å². The van der Waals surface area contributed by atoms with Crippen molar-refractivity contribution in [2.75, 3.05) is 4.90 Å². The average molecular weight is 351 g/mol. The van der Waals surface area contributed by atoms with Gasteiger partial charge in [-0.15, -0.1) is 0 Å². The predicted molar refractivity (Wildman–Crippen MR) is 116 cm³/mol. The molecule has 0 unspecified atom stereocenters. The van der Waals surface area contributed by atoms with E-state index in [0.29, 0.717) is 0 Å². The molecule has 0 fully saturated rings. The summed E-state index contributed by atoms with van der Waals surface area (Å²) in [6.07, 6.45) is 6.90. The molecule has 0 atom stereocenters. The number of allylic oxidation sites excluding steroid dienone is 3. The molecule has 1 aliphatic carbocycles. The monoisotopic (exact) mass is 351 g/mol. The molecule has 3 aromatic carbocycles. The number of anilines is 2. The van der Waals surface area contributed by atoms with E-state index in [9.17, 15) is 0 Å². The Kier molecular flexibility index (Phi) is 4.93. The Morgan fingerprint density at radius 3 is 1.89 bits per heavy atom. The van der Waals surface area contributed by atoms with Crippen LogP contribution in [0, 0.1) is 6.92 Å². The summed E-state index contributed by atoms with van der Waals surface area (Å²) in [5.74, 6) is 0. The molecule has 4 rings (SSSR count). The van der Waals surface area contributed by atoms with Crippen LogP contribution in [0.15, 0.2) is 102 Å². The molecule has 0 aliphatic heterocycles. The van der Waals surface area contributed by atoms with E-state index < -0.39 is 0 Å². The van der Waals surface area contributed by atoms with Gasteiger partial charge in [-0.1, -0.05) is 71.8 Å². The molecular formula is C26H25N. The largest absolute Gasteiger partial charge is 0.311 e. The molecule has 0 saturated heterocycles. The quantitative estimate of drug-likeness (QED) is 0.472. The van der Waals surface area contributed by atoms with Crippen molar-refractivity contribution in [3.8, 4) is 11.1 Å². The van der Waals surface area contributed by atoms with E-state index in [1.54, 1.807) is 0 Å². The van der Waals surface area contributed by atoms with Crippen LogP contribution >= 0.6 is 0 Å². The molecule has 0 saturated carbocycles. The molecule has 27 heavy (non-hydrogen) atoms. The van der Waals surface area contributed by atoms with E-state index in [1.807, 2.05) is 0 Å². The fourth-order valence-electron chi connectivity index (χ4n) is 3.56. The van der Waals surface area contributed by atoms with Crippen LogP contribution in [-0.4, -0.2) is 0 Å². The van der Waals surface area contributed by atoms with Crippen LogP contribution in [-0.2, 0) is 0 Å². The molecule has 0 heterocycles. The van der Waals surface area contributed by atoms with Crippen LogP contribution in [0.5, 0.6) is 0 Å². The maximum absolute atomic E-state index is 2.35. The number of hydrogen-bond donors (Lipinski definition) is 0. The normalized spacial score (nSPS) is 13.7. The van der Waals surface area contributed by atoms with Crippen LogP contribution < -0.4 is 4.90 Å². The Bertz CT molecular complexity index is 961. The highest BCUT2D eigenvalue weighted by Crippen LogP contribution is 2.34. The summed E-state index contributed by atoms with van der Waals surface area (Å²) in [5.41, 5.74) is 8.86. The highest BCUT2D eigenvalue weighted by atomic mass is 15.1. The van der Waals surface area contributed by atoms with E-state index in [2.05, 4.69) is 110 Å². The van der Waals surface area contributed by atoms with E-state index in [1.165, 1.54) is 39.3 Å². The first-order valence-corrected chi connectivity index (χ1v) is 9.60. The summed E-state index contributed by atoms with van der Waals surface area (Å²) < 4.78 is 0. The topological polar surface area (TPSA) is 3.24 Å². The lowest BCUT2D eigenvalue weighted by atomic mass is 10.0. The van der Waals surface area contributed by atoms with E-state index in [0.717, 1.165) is 12.8 Å². The van der Waals surface area contributed by atoms with Gasteiger partial charge in [0.25, 0.3) is 0 Å². The van der Waals surface area contributed by atoms with Crippen LogP contribution in [0.2, 0.25) is 0 Å². The first-order valence-electron chi connectivity index (χ1n) is 9.60. The third kappa shape index (κ3) is 3.88. The minimum Gasteiger partial charge on any atom is -0.311 e. The van der Waals surface area contributed by atoms with Gasteiger partial charge in [-0.2, -0.15) is 0 Å². The Labute approximate surface area is 162 Å². The van der Waals surface area contributed by atoms with Gasteiger partial charge in [-0.3, -0.25) is 0 Å². The molecule has 0 N–H and O–H groups in total. The Balaban J connectivity index is 1.72. The lowest BCUT2D eigenvalue weighted by Crippen LogP contribution is -2.16. The number of hydrogen-bond acceptors (Lipinski definition) is 1. The lowest BCUT2D eigenvalue weighted by Gasteiger charge is -2.28. The van der Waals surface area contributed by atoms with E-state index in [4.69, 9.17) is 0 Å². The number of rotatable bonds is 4. The van der Waals surface area contributed by atoms with Crippen LogP contribution in [0.1, 0.15) is 25.3 Å². The molecule has 1 aliphatic rings.